The van der Waals surface area contributed by atoms with Crippen molar-refractivity contribution in [3.63, 3.8) is 0 Å². The van der Waals surface area contributed by atoms with Crippen molar-refractivity contribution in [2.75, 3.05) is 25.5 Å². The van der Waals surface area contributed by atoms with E-state index in [0.29, 0.717) is 17.6 Å². The summed E-state index contributed by atoms with van der Waals surface area (Å²) in [6.07, 6.45) is 9.91. The number of hydrogen-bond acceptors (Lipinski definition) is 7. The number of anilines is 2. The minimum absolute atomic E-state index is 0.385. The van der Waals surface area contributed by atoms with Crippen LogP contribution in [-0.4, -0.2) is 55.0 Å². The SMILES string of the molecule is CCCN(C)CCCn1cc(-c2cnc3ccc(Nc4cc(C(C)C)cnn4)nc3c2)cn1. The molecule has 0 bridgehead atoms. The topological polar surface area (TPSA) is 84.7 Å². The number of pyridine rings is 2. The van der Waals surface area contributed by atoms with Gasteiger partial charge in [-0.15, -0.1) is 5.10 Å². The van der Waals surface area contributed by atoms with Crippen molar-refractivity contribution in [1.82, 2.24) is 34.8 Å². The van der Waals surface area contributed by atoms with Gasteiger partial charge < -0.3 is 10.2 Å². The molecule has 4 aromatic rings. The lowest BCUT2D eigenvalue weighted by atomic mass is 10.1. The van der Waals surface area contributed by atoms with Gasteiger partial charge in [0.2, 0.25) is 0 Å². The van der Waals surface area contributed by atoms with E-state index in [1.807, 2.05) is 35.3 Å². The molecule has 0 aliphatic rings. The molecule has 1 N–H and O–H groups in total. The molecule has 4 heterocycles. The maximum Gasteiger partial charge on any atom is 0.154 e. The Morgan fingerprint density at radius 2 is 1.88 bits per heavy atom. The number of aromatic nitrogens is 6. The van der Waals surface area contributed by atoms with Gasteiger partial charge in [-0.05, 0) is 68.7 Å². The maximum absolute atomic E-state index is 4.75. The molecule has 4 rings (SSSR count). The summed E-state index contributed by atoms with van der Waals surface area (Å²) >= 11 is 0. The van der Waals surface area contributed by atoms with Crippen LogP contribution in [0.4, 0.5) is 11.6 Å². The minimum Gasteiger partial charge on any atom is -0.323 e. The molecule has 8 nitrogen and oxygen atoms in total. The number of rotatable bonds is 10. The Morgan fingerprint density at radius 3 is 2.70 bits per heavy atom. The molecule has 0 radical (unpaired) electrons. The smallest absolute Gasteiger partial charge is 0.154 e. The molecule has 0 aliphatic carbocycles. The van der Waals surface area contributed by atoms with Crippen LogP contribution in [0.1, 0.15) is 45.1 Å². The second-order valence-corrected chi connectivity index (χ2v) is 8.76. The van der Waals surface area contributed by atoms with E-state index in [2.05, 4.69) is 70.6 Å². The Bertz CT molecular complexity index is 1200. The van der Waals surface area contributed by atoms with Crippen LogP contribution in [0.25, 0.3) is 22.2 Å². The average molecular weight is 445 g/mol. The summed E-state index contributed by atoms with van der Waals surface area (Å²) < 4.78 is 2.01. The Kier molecular flexibility index (Phi) is 7.24. The molecule has 4 aromatic heterocycles. The average Bonchev–Trinajstić information content (AvgIpc) is 3.28. The summed E-state index contributed by atoms with van der Waals surface area (Å²) in [6.45, 7) is 9.58. The molecule has 8 heteroatoms. The molecule has 0 aromatic carbocycles. The summed E-state index contributed by atoms with van der Waals surface area (Å²) in [5.74, 6) is 1.78. The van der Waals surface area contributed by atoms with Crippen molar-refractivity contribution in [3.8, 4) is 11.1 Å². The molecule has 0 aliphatic heterocycles. The first-order valence-electron chi connectivity index (χ1n) is 11.6. The molecule has 0 amide bonds. The zero-order valence-corrected chi connectivity index (χ0v) is 19.9. The first-order chi connectivity index (χ1) is 16.0. The second kappa shape index (κ2) is 10.5. The van der Waals surface area contributed by atoms with Crippen LogP contribution in [0.3, 0.4) is 0 Å². The fraction of sp³-hybridized carbons (Fsp3) is 0.400. The molecule has 172 valence electrons. The normalized spacial score (nSPS) is 11.6. The van der Waals surface area contributed by atoms with E-state index >= 15 is 0 Å². The highest BCUT2D eigenvalue weighted by atomic mass is 15.3. The van der Waals surface area contributed by atoms with E-state index in [1.165, 1.54) is 6.42 Å². The lowest BCUT2D eigenvalue weighted by Gasteiger charge is -2.14. The maximum atomic E-state index is 4.75. The molecule has 0 spiro atoms. The summed E-state index contributed by atoms with van der Waals surface area (Å²) in [5.41, 5.74) is 4.84. The van der Waals surface area contributed by atoms with Crippen LogP contribution in [0, 0.1) is 0 Å². The van der Waals surface area contributed by atoms with Crippen molar-refractivity contribution in [1.29, 1.82) is 0 Å². The summed E-state index contributed by atoms with van der Waals surface area (Å²) in [6, 6.07) is 7.93. The third-order valence-electron chi connectivity index (χ3n) is 5.63. The summed E-state index contributed by atoms with van der Waals surface area (Å²) in [7, 11) is 2.17. The van der Waals surface area contributed by atoms with Gasteiger partial charge in [0.15, 0.2) is 5.82 Å². The monoisotopic (exact) mass is 444 g/mol. The van der Waals surface area contributed by atoms with Crippen molar-refractivity contribution in [2.24, 2.45) is 0 Å². The fourth-order valence-electron chi connectivity index (χ4n) is 3.75. The van der Waals surface area contributed by atoms with Gasteiger partial charge in [-0.25, -0.2) is 4.98 Å². The molecule has 0 unspecified atom stereocenters. The van der Waals surface area contributed by atoms with Crippen LogP contribution >= 0.6 is 0 Å². The van der Waals surface area contributed by atoms with Crippen LogP contribution in [0.2, 0.25) is 0 Å². The number of fused-ring (bicyclic) bond motifs is 1. The third-order valence-corrected chi connectivity index (χ3v) is 5.63. The van der Waals surface area contributed by atoms with Crippen molar-refractivity contribution in [2.45, 2.75) is 46.1 Å². The number of aryl methyl sites for hydroxylation is 1. The molecular weight excluding hydrogens is 412 g/mol. The van der Waals surface area contributed by atoms with Gasteiger partial charge in [0.05, 0.1) is 23.4 Å². The van der Waals surface area contributed by atoms with Gasteiger partial charge in [-0.2, -0.15) is 10.2 Å². The molecule has 0 atom stereocenters. The predicted molar refractivity (Wildman–Crippen MR) is 133 cm³/mol. The largest absolute Gasteiger partial charge is 0.323 e. The Labute approximate surface area is 195 Å². The van der Waals surface area contributed by atoms with Crippen LogP contribution in [0.5, 0.6) is 0 Å². The van der Waals surface area contributed by atoms with Gasteiger partial charge in [-0.1, -0.05) is 20.8 Å². The van der Waals surface area contributed by atoms with Crippen LogP contribution in [-0.2, 0) is 6.54 Å². The zero-order valence-electron chi connectivity index (χ0n) is 19.9. The molecule has 0 saturated carbocycles. The van der Waals surface area contributed by atoms with Gasteiger partial charge >= 0.3 is 0 Å². The minimum atomic E-state index is 0.385. The first-order valence-corrected chi connectivity index (χ1v) is 11.6. The highest BCUT2D eigenvalue weighted by molar-refractivity contribution is 5.81. The van der Waals surface area contributed by atoms with E-state index in [0.717, 1.165) is 53.8 Å². The quantitative estimate of drug-likeness (QED) is 0.373. The van der Waals surface area contributed by atoms with Crippen molar-refractivity contribution >= 4 is 22.7 Å². The number of hydrogen-bond donors (Lipinski definition) is 1. The standard InChI is InChI=1S/C25H32N8/c1-5-9-32(4)10-6-11-33-17-21(16-28-33)20-12-23-22(26-14-20)7-8-24(29-23)30-25-13-19(18(2)3)15-27-31-25/h7-8,12-18H,5-6,9-11H2,1-4H3,(H,29,30,31). The van der Waals surface area contributed by atoms with Crippen LogP contribution in [0.15, 0.2) is 49.1 Å². The van der Waals surface area contributed by atoms with E-state index in [1.54, 1.807) is 6.20 Å². The lowest BCUT2D eigenvalue weighted by molar-refractivity contribution is 0.319. The summed E-state index contributed by atoms with van der Waals surface area (Å²) in [4.78, 5) is 11.7. The molecule has 0 saturated heterocycles. The van der Waals surface area contributed by atoms with Gasteiger partial charge in [0.1, 0.15) is 5.82 Å². The third kappa shape index (κ3) is 5.90. The Balaban J connectivity index is 1.48. The Hall–Kier alpha value is -3.39. The summed E-state index contributed by atoms with van der Waals surface area (Å²) in [5, 5.41) is 16.1. The fourth-order valence-corrected chi connectivity index (χ4v) is 3.75. The molecular formula is C25H32N8. The second-order valence-electron chi connectivity index (χ2n) is 8.76. The Morgan fingerprint density at radius 1 is 1.00 bits per heavy atom. The molecule has 0 fully saturated rings. The highest BCUT2D eigenvalue weighted by Gasteiger charge is 2.08. The van der Waals surface area contributed by atoms with Crippen LogP contribution < -0.4 is 5.32 Å². The van der Waals surface area contributed by atoms with Gasteiger partial charge in [0, 0.05) is 30.1 Å². The predicted octanol–water partition coefficient (Wildman–Crippen LogP) is 4.88. The van der Waals surface area contributed by atoms with Crippen molar-refractivity contribution < 1.29 is 0 Å². The zero-order chi connectivity index (χ0) is 23.2. The first kappa shape index (κ1) is 22.8. The lowest BCUT2D eigenvalue weighted by Crippen LogP contribution is -2.21. The van der Waals surface area contributed by atoms with E-state index in [9.17, 15) is 0 Å². The number of nitrogens with one attached hydrogen (secondary N) is 1. The highest BCUT2D eigenvalue weighted by Crippen LogP contribution is 2.24. The van der Waals surface area contributed by atoms with Gasteiger partial charge in [-0.3, -0.25) is 9.67 Å². The van der Waals surface area contributed by atoms with Crippen molar-refractivity contribution in [3.05, 3.63) is 54.6 Å². The molecule has 33 heavy (non-hydrogen) atoms. The number of nitrogens with zero attached hydrogens (tertiary/aromatic N) is 7. The van der Waals surface area contributed by atoms with E-state index in [-0.39, 0.29) is 0 Å². The van der Waals surface area contributed by atoms with E-state index < -0.39 is 0 Å². The van der Waals surface area contributed by atoms with E-state index in [4.69, 9.17) is 4.98 Å². The van der Waals surface area contributed by atoms with Gasteiger partial charge in [0.25, 0.3) is 0 Å².